The molecular formula is C10H17N3O. The summed E-state index contributed by atoms with van der Waals surface area (Å²) in [6.45, 7) is 1.17. The molecule has 0 aliphatic carbocycles. The van der Waals surface area contributed by atoms with Gasteiger partial charge in [-0.3, -0.25) is 4.79 Å². The summed E-state index contributed by atoms with van der Waals surface area (Å²) in [4.78, 5) is 11.2. The molecule has 1 aromatic rings. The van der Waals surface area contributed by atoms with E-state index in [0.717, 1.165) is 12.0 Å². The molecule has 0 saturated carbocycles. The number of aromatic nitrogens is 1. The summed E-state index contributed by atoms with van der Waals surface area (Å²) in [5.41, 5.74) is 6.42. The van der Waals surface area contributed by atoms with Crippen molar-refractivity contribution in [2.75, 3.05) is 6.54 Å². The summed E-state index contributed by atoms with van der Waals surface area (Å²) < 4.78 is 1.96. The standard InChI is InChI=1S/C10H17N3O/c1-13-6-4-9(8-13)7-12-10(14)3-2-5-11/h4,6,8H,2-3,5,7,11H2,1H3,(H,12,14). The molecule has 1 amide bonds. The third-order valence-electron chi connectivity index (χ3n) is 1.99. The molecule has 0 unspecified atom stereocenters. The van der Waals surface area contributed by atoms with Crippen molar-refractivity contribution >= 4 is 5.91 Å². The first-order valence-corrected chi connectivity index (χ1v) is 4.80. The molecule has 4 heteroatoms. The fourth-order valence-electron chi connectivity index (χ4n) is 1.22. The Labute approximate surface area is 84.1 Å². The van der Waals surface area contributed by atoms with E-state index in [-0.39, 0.29) is 5.91 Å². The predicted octanol–water partition coefficient (Wildman–Crippen LogP) is 0.380. The van der Waals surface area contributed by atoms with E-state index in [4.69, 9.17) is 5.73 Å². The molecule has 1 rings (SSSR count). The summed E-state index contributed by atoms with van der Waals surface area (Å²) in [5, 5.41) is 2.84. The molecule has 0 bridgehead atoms. The topological polar surface area (TPSA) is 60.0 Å². The zero-order valence-corrected chi connectivity index (χ0v) is 8.49. The fraction of sp³-hybridized carbons (Fsp3) is 0.500. The van der Waals surface area contributed by atoms with Crippen molar-refractivity contribution in [1.82, 2.24) is 9.88 Å². The molecule has 0 aliphatic heterocycles. The number of nitrogens with one attached hydrogen (secondary N) is 1. The van der Waals surface area contributed by atoms with Crippen LogP contribution >= 0.6 is 0 Å². The van der Waals surface area contributed by atoms with Crippen LogP contribution in [0.2, 0.25) is 0 Å². The lowest BCUT2D eigenvalue weighted by Crippen LogP contribution is -2.22. The molecule has 78 valence electrons. The first-order valence-electron chi connectivity index (χ1n) is 4.80. The van der Waals surface area contributed by atoms with E-state index in [1.165, 1.54) is 0 Å². The average Bonchev–Trinajstić information content (AvgIpc) is 2.58. The van der Waals surface area contributed by atoms with Crippen LogP contribution in [0.15, 0.2) is 18.5 Å². The van der Waals surface area contributed by atoms with Crippen molar-refractivity contribution in [3.63, 3.8) is 0 Å². The number of rotatable bonds is 5. The van der Waals surface area contributed by atoms with Crippen LogP contribution in [0.3, 0.4) is 0 Å². The van der Waals surface area contributed by atoms with Crippen LogP contribution in [0.1, 0.15) is 18.4 Å². The Balaban J connectivity index is 2.23. The van der Waals surface area contributed by atoms with Crippen molar-refractivity contribution < 1.29 is 4.79 Å². The maximum absolute atomic E-state index is 11.2. The first kappa shape index (κ1) is 10.8. The lowest BCUT2D eigenvalue weighted by Gasteiger charge is -2.02. The lowest BCUT2D eigenvalue weighted by atomic mass is 10.3. The summed E-state index contributed by atoms with van der Waals surface area (Å²) in [6, 6.07) is 1.99. The Kier molecular flexibility index (Phi) is 4.19. The van der Waals surface area contributed by atoms with Crippen molar-refractivity contribution in [2.24, 2.45) is 12.8 Å². The molecule has 0 saturated heterocycles. The van der Waals surface area contributed by atoms with Crippen LogP contribution in [-0.2, 0) is 18.4 Å². The van der Waals surface area contributed by atoms with E-state index in [1.54, 1.807) is 0 Å². The smallest absolute Gasteiger partial charge is 0.220 e. The van der Waals surface area contributed by atoms with E-state index in [2.05, 4.69) is 5.32 Å². The largest absolute Gasteiger partial charge is 0.357 e. The van der Waals surface area contributed by atoms with Gasteiger partial charge in [0.2, 0.25) is 5.91 Å². The molecule has 0 atom stereocenters. The first-order chi connectivity index (χ1) is 6.72. The summed E-state index contributed by atoms with van der Waals surface area (Å²) in [6.07, 6.45) is 5.22. The Morgan fingerprint density at radius 3 is 3.00 bits per heavy atom. The molecule has 0 aromatic carbocycles. The predicted molar refractivity (Wildman–Crippen MR) is 55.5 cm³/mol. The average molecular weight is 195 g/mol. The van der Waals surface area contributed by atoms with E-state index >= 15 is 0 Å². The van der Waals surface area contributed by atoms with Crippen LogP contribution < -0.4 is 11.1 Å². The molecule has 1 heterocycles. The number of carbonyl (C=O) groups excluding carboxylic acids is 1. The van der Waals surface area contributed by atoms with Crippen LogP contribution in [0.4, 0.5) is 0 Å². The number of hydrogen-bond acceptors (Lipinski definition) is 2. The molecule has 0 aliphatic rings. The van der Waals surface area contributed by atoms with Gasteiger partial charge >= 0.3 is 0 Å². The van der Waals surface area contributed by atoms with Gasteiger partial charge in [0.05, 0.1) is 0 Å². The van der Waals surface area contributed by atoms with Crippen molar-refractivity contribution in [1.29, 1.82) is 0 Å². The number of hydrogen-bond donors (Lipinski definition) is 2. The molecule has 3 N–H and O–H groups in total. The van der Waals surface area contributed by atoms with E-state index in [1.807, 2.05) is 30.1 Å². The Morgan fingerprint density at radius 2 is 2.43 bits per heavy atom. The molecular weight excluding hydrogens is 178 g/mol. The zero-order valence-electron chi connectivity index (χ0n) is 8.49. The minimum Gasteiger partial charge on any atom is -0.357 e. The molecule has 0 fully saturated rings. The van der Waals surface area contributed by atoms with Gasteiger partial charge in [0.25, 0.3) is 0 Å². The van der Waals surface area contributed by atoms with Gasteiger partial charge in [-0.1, -0.05) is 0 Å². The van der Waals surface area contributed by atoms with Crippen molar-refractivity contribution in [2.45, 2.75) is 19.4 Å². The maximum Gasteiger partial charge on any atom is 0.220 e. The summed E-state index contributed by atoms with van der Waals surface area (Å²) >= 11 is 0. The van der Waals surface area contributed by atoms with Gasteiger partial charge in [-0.25, -0.2) is 0 Å². The van der Waals surface area contributed by atoms with Gasteiger partial charge in [0.1, 0.15) is 0 Å². The van der Waals surface area contributed by atoms with Crippen LogP contribution in [0.25, 0.3) is 0 Å². The highest BCUT2D eigenvalue weighted by molar-refractivity contribution is 5.75. The number of amides is 1. The number of aryl methyl sites for hydroxylation is 1. The Morgan fingerprint density at radius 1 is 1.64 bits per heavy atom. The van der Waals surface area contributed by atoms with E-state index < -0.39 is 0 Å². The molecule has 4 nitrogen and oxygen atoms in total. The molecule has 1 aromatic heterocycles. The van der Waals surface area contributed by atoms with Gasteiger partial charge in [0, 0.05) is 32.4 Å². The zero-order chi connectivity index (χ0) is 10.4. The number of carbonyl (C=O) groups is 1. The van der Waals surface area contributed by atoms with Gasteiger partial charge in [0.15, 0.2) is 0 Å². The highest BCUT2D eigenvalue weighted by atomic mass is 16.1. The highest BCUT2D eigenvalue weighted by Gasteiger charge is 2.00. The minimum absolute atomic E-state index is 0.0688. The van der Waals surface area contributed by atoms with Gasteiger partial charge < -0.3 is 15.6 Å². The second-order valence-electron chi connectivity index (χ2n) is 3.35. The fourth-order valence-corrected chi connectivity index (χ4v) is 1.22. The van der Waals surface area contributed by atoms with Crippen LogP contribution in [0, 0.1) is 0 Å². The molecule has 14 heavy (non-hydrogen) atoms. The normalized spacial score (nSPS) is 10.1. The molecule has 0 spiro atoms. The van der Waals surface area contributed by atoms with Crippen LogP contribution in [-0.4, -0.2) is 17.0 Å². The van der Waals surface area contributed by atoms with Crippen molar-refractivity contribution in [3.8, 4) is 0 Å². The second kappa shape index (κ2) is 5.44. The van der Waals surface area contributed by atoms with Gasteiger partial charge in [-0.15, -0.1) is 0 Å². The van der Waals surface area contributed by atoms with Gasteiger partial charge in [-0.05, 0) is 24.6 Å². The number of nitrogens with two attached hydrogens (primary N) is 1. The maximum atomic E-state index is 11.2. The van der Waals surface area contributed by atoms with Gasteiger partial charge in [-0.2, -0.15) is 0 Å². The monoisotopic (exact) mass is 195 g/mol. The van der Waals surface area contributed by atoms with Crippen molar-refractivity contribution in [3.05, 3.63) is 24.0 Å². The van der Waals surface area contributed by atoms with E-state index in [0.29, 0.717) is 19.5 Å². The van der Waals surface area contributed by atoms with Crippen LogP contribution in [0.5, 0.6) is 0 Å². The molecule has 0 radical (unpaired) electrons. The lowest BCUT2D eigenvalue weighted by molar-refractivity contribution is -0.121. The minimum atomic E-state index is 0.0688. The summed E-state index contributed by atoms with van der Waals surface area (Å²) in [7, 11) is 1.96. The quantitative estimate of drug-likeness (QED) is 0.713. The third-order valence-corrected chi connectivity index (χ3v) is 1.99. The summed E-state index contributed by atoms with van der Waals surface area (Å²) in [5.74, 6) is 0.0688. The number of nitrogens with zero attached hydrogens (tertiary/aromatic N) is 1. The second-order valence-corrected chi connectivity index (χ2v) is 3.35. The highest BCUT2D eigenvalue weighted by Crippen LogP contribution is 1.98. The third kappa shape index (κ3) is 3.62. The SMILES string of the molecule is Cn1ccc(CNC(=O)CCCN)c1. The van der Waals surface area contributed by atoms with E-state index in [9.17, 15) is 4.79 Å². The Hall–Kier alpha value is -1.29. The Bertz CT molecular complexity index is 293.